The average molecular weight is 210 g/mol. The van der Waals surface area contributed by atoms with E-state index in [1.807, 2.05) is 0 Å². The summed E-state index contributed by atoms with van der Waals surface area (Å²) in [5.41, 5.74) is 0. The Labute approximate surface area is 94.4 Å². The van der Waals surface area contributed by atoms with Gasteiger partial charge in [-0.1, -0.05) is 13.8 Å². The van der Waals surface area contributed by atoms with Crippen LogP contribution < -0.4 is 5.32 Å². The van der Waals surface area contributed by atoms with Crippen molar-refractivity contribution >= 4 is 0 Å². The van der Waals surface area contributed by atoms with E-state index in [1.54, 1.807) is 0 Å². The molecule has 15 heavy (non-hydrogen) atoms. The van der Waals surface area contributed by atoms with Crippen LogP contribution in [0.3, 0.4) is 0 Å². The van der Waals surface area contributed by atoms with Gasteiger partial charge in [-0.3, -0.25) is 4.90 Å². The summed E-state index contributed by atoms with van der Waals surface area (Å²) in [7, 11) is 0. The first kappa shape index (κ1) is 11.4. The van der Waals surface area contributed by atoms with Gasteiger partial charge in [0.25, 0.3) is 0 Å². The molecule has 1 aliphatic carbocycles. The first-order chi connectivity index (χ1) is 7.18. The molecule has 2 unspecified atom stereocenters. The highest BCUT2D eigenvalue weighted by atomic mass is 15.2. The molecule has 0 aromatic rings. The zero-order chi connectivity index (χ0) is 10.8. The topological polar surface area (TPSA) is 15.3 Å². The fourth-order valence-corrected chi connectivity index (χ4v) is 2.82. The molecule has 1 aliphatic heterocycles. The molecule has 0 aromatic carbocycles. The van der Waals surface area contributed by atoms with Crippen molar-refractivity contribution in [1.29, 1.82) is 0 Å². The molecule has 2 fully saturated rings. The Kier molecular flexibility index (Phi) is 3.68. The number of nitrogens with zero attached hydrogens (tertiary/aromatic N) is 1. The molecule has 2 nitrogen and oxygen atoms in total. The maximum Gasteiger partial charge on any atom is 0.0195 e. The third-order valence-electron chi connectivity index (χ3n) is 3.96. The predicted molar refractivity (Wildman–Crippen MR) is 65.1 cm³/mol. The molecular formula is C13H26N2. The van der Waals surface area contributed by atoms with Crippen molar-refractivity contribution in [2.45, 2.75) is 64.6 Å². The molecular weight excluding hydrogens is 184 g/mol. The standard InChI is InChI=1S/C13H26N2/c1-10(2)13-5-4-8-15(13)11(3)9-14-12-6-7-12/h10-14H,4-9H2,1-3H3. The van der Waals surface area contributed by atoms with Crippen molar-refractivity contribution in [1.82, 2.24) is 10.2 Å². The average Bonchev–Trinajstić information content (AvgIpc) is 2.88. The Hall–Kier alpha value is -0.0800. The first-order valence-corrected chi connectivity index (χ1v) is 6.67. The third kappa shape index (κ3) is 2.94. The van der Waals surface area contributed by atoms with Gasteiger partial charge in [0.1, 0.15) is 0 Å². The molecule has 2 rings (SSSR count). The lowest BCUT2D eigenvalue weighted by molar-refractivity contribution is 0.153. The monoisotopic (exact) mass is 210 g/mol. The van der Waals surface area contributed by atoms with Gasteiger partial charge in [0, 0.05) is 24.7 Å². The molecule has 0 aromatic heterocycles. The van der Waals surface area contributed by atoms with Crippen LogP contribution in [0, 0.1) is 5.92 Å². The zero-order valence-electron chi connectivity index (χ0n) is 10.5. The molecule has 0 bridgehead atoms. The fourth-order valence-electron chi connectivity index (χ4n) is 2.82. The Morgan fingerprint density at radius 3 is 2.53 bits per heavy atom. The van der Waals surface area contributed by atoms with Crippen LogP contribution in [0.4, 0.5) is 0 Å². The number of hydrogen-bond donors (Lipinski definition) is 1. The maximum absolute atomic E-state index is 3.65. The van der Waals surface area contributed by atoms with Crippen LogP contribution in [0.2, 0.25) is 0 Å². The van der Waals surface area contributed by atoms with Crippen LogP contribution in [-0.2, 0) is 0 Å². The smallest absolute Gasteiger partial charge is 0.0195 e. The summed E-state index contributed by atoms with van der Waals surface area (Å²) >= 11 is 0. The lowest BCUT2D eigenvalue weighted by Gasteiger charge is -2.33. The Bertz CT molecular complexity index is 199. The number of likely N-dealkylation sites (tertiary alicyclic amines) is 1. The number of rotatable bonds is 5. The number of nitrogens with one attached hydrogen (secondary N) is 1. The van der Waals surface area contributed by atoms with E-state index in [-0.39, 0.29) is 0 Å². The molecule has 1 N–H and O–H groups in total. The normalized spacial score (nSPS) is 30.0. The quantitative estimate of drug-likeness (QED) is 0.749. The van der Waals surface area contributed by atoms with E-state index in [1.165, 1.54) is 38.8 Å². The van der Waals surface area contributed by atoms with E-state index in [2.05, 4.69) is 31.0 Å². The zero-order valence-corrected chi connectivity index (χ0v) is 10.5. The molecule has 1 heterocycles. The van der Waals surface area contributed by atoms with Gasteiger partial charge in [0.2, 0.25) is 0 Å². The van der Waals surface area contributed by atoms with Crippen LogP contribution >= 0.6 is 0 Å². The Morgan fingerprint density at radius 2 is 1.93 bits per heavy atom. The summed E-state index contributed by atoms with van der Waals surface area (Å²) in [6, 6.07) is 2.41. The Morgan fingerprint density at radius 1 is 1.20 bits per heavy atom. The summed E-state index contributed by atoms with van der Waals surface area (Å²) in [5, 5.41) is 3.65. The highest BCUT2D eigenvalue weighted by Gasteiger charge is 2.31. The van der Waals surface area contributed by atoms with Crippen LogP contribution in [0.1, 0.15) is 46.5 Å². The highest BCUT2D eigenvalue weighted by molar-refractivity contribution is 4.88. The second-order valence-corrected chi connectivity index (χ2v) is 5.72. The van der Waals surface area contributed by atoms with Gasteiger partial charge in [-0.25, -0.2) is 0 Å². The summed E-state index contributed by atoms with van der Waals surface area (Å²) in [6.45, 7) is 9.62. The highest BCUT2D eigenvalue weighted by Crippen LogP contribution is 2.26. The SMILES string of the molecule is CC(C)C1CCCN1C(C)CNC1CC1. The van der Waals surface area contributed by atoms with Gasteiger partial charge in [-0.2, -0.15) is 0 Å². The van der Waals surface area contributed by atoms with E-state index in [0.29, 0.717) is 0 Å². The lowest BCUT2D eigenvalue weighted by Crippen LogP contribution is -2.45. The van der Waals surface area contributed by atoms with Crippen LogP contribution in [0.25, 0.3) is 0 Å². The molecule has 0 amide bonds. The largest absolute Gasteiger partial charge is 0.312 e. The minimum atomic E-state index is 0.723. The van der Waals surface area contributed by atoms with Gasteiger partial charge >= 0.3 is 0 Å². The molecule has 2 atom stereocenters. The van der Waals surface area contributed by atoms with E-state index in [9.17, 15) is 0 Å². The van der Waals surface area contributed by atoms with Crippen LogP contribution in [0.5, 0.6) is 0 Å². The van der Waals surface area contributed by atoms with Crippen LogP contribution in [-0.4, -0.2) is 36.1 Å². The van der Waals surface area contributed by atoms with Crippen molar-refractivity contribution in [3.63, 3.8) is 0 Å². The summed E-state index contributed by atoms with van der Waals surface area (Å²) in [5.74, 6) is 0.816. The van der Waals surface area contributed by atoms with Crippen molar-refractivity contribution in [2.75, 3.05) is 13.1 Å². The minimum Gasteiger partial charge on any atom is -0.312 e. The van der Waals surface area contributed by atoms with Gasteiger partial charge in [0.15, 0.2) is 0 Å². The van der Waals surface area contributed by atoms with E-state index >= 15 is 0 Å². The summed E-state index contributed by atoms with van der Waals surface area (Å²) in [6.07, 6.45) is 5.61. The van der Waals surface area contributed by atoms with Crippen molar-refractivity contribution in [3.8, 4) is 0 Å². The van der Waals surface area contributed by atoms with E-state index in [4.69, 9.17) is 0 Å². The number of hydrogen-bond acceptors (Lipinski definition) is 2. The fraction of sp³-hybridized carbons (Fsp3) is 1.00. The molecule has 0 spiro atoms. The Balaban J connectivity index is 1.78. The van der Waals surface area contributed by atoms with Gasteiger partial charge in [-0.05, 0) is 45.1 Å². The van der Waals surface area contributed by atoms with Gasteiger partial charge in [-0.15, -0.1) is 0 Å². The summed E-state index contributed by atoms with van der Waals surface area (Å²) < 4.78 is 0. The lowest BCUT2D eigenvalue weighted by atomic mass is 10.0. The second-order valence-electron chi connectivity index (χ2n) is 5.72. The first-order valence-electron chi connectivity index (χ1n) is 6.67. The molecule has 1 saturated carbocycles. The predicted octanol–water partition coefficient (Wildman–Crippen LogP) is 2.25. The van der Waals surface area contributed by atoms with Crippen molar-refractivity contribution in [2.24, 2.45) is 5.92 Å². The second kappa shape index (κ2) is 4.84. The van der Waals surface area contributed by atoms with Gasteiger partial charge in [0.05, 0.1) is 0 Å². The third-order valence-corrected chi connectivity index (χ3v) is 3.96. The van der Waals surface area contributed by atoms with Crippen molar-refractivity contribution < 1.29 is 0 Å². The molecule has 2 aliphatic rings. The minimum absolute atomic E-state index is 0.723. The van der Waals surface area contributed by atoms with Crippen molar-refractivity contribution in [3.05, 3.63) is 0 Å². The summed E-state index contributed by atoms with van der Waals surface area (Å²) in [4.78, 5) is 2.72. The molecule has 1 saturated heterocycles. The maximum atomic E-state index is 3.65. The molecule has 0 radical (unpaired) electrons. The molecule has 2 heteroatoms. The van der Waals surface area contributed by atoms with E-state index < -0.39 is 0 Å². The van der Waals surface area contributed by atoms with Gasteiger partial charge < -0.3 is 5.32 Å². The molecule has 88 valence electrons. The van der Waals surface area contributed by atoms with E-state index in [0.717, 1.165) is 24.0 Å². The van der Waals surface area contributed by atoms with Crippen LogP contribution in [0.15, 0.2) is 0 Å².